The Balaban J connectivity index is 2.21. The molecule has 2 aromatic carbocycles. The summed E-state index contributed by atoms with van der Waals surface area (Å²) in [5.74, 6) is 0.525. The lowest BCUT2D eigenvalue weighted by molar-refractivity contribution is 0.0993. The molecule has 2 rings (SSSR count). The van der Waals surface area contributed by atoms with Crippen LogP contribution in [-0.2, 0) is 6.42 Å². The number of hydrogen-bond acceptors (Lipinski definition) is 2. The van der Waals surface area contributed by atoms with E-state index in [-0.39, 0.29) is 12.2 Å². The maximum Gasteiger partial charge on any atom is 0.168 e. The van der Waals surface area contributed by atoms with E-state index < -0.39 is 0 Å². The molecule has 0 aliphatic heterocycles. The number of rotatable bonds is 4. The third-order valence-electron chi connectivity index (χ3n) is 2.83. The second-order valence-corrected chi connectivity index (χ2v) is 5.42. The molecule has 0 saturated carbocycles. The number of methoxy groups -OCH3 is 1. The topological polar surface area (TPSA) is 26.3 Å². The average Bonchev–Trinajstić information content (AvgIpc) is 2.42. The summed E-state index contributed by atoms with van der Waals surface area (Å²) in [6.45, 7) is 0. The number of carbonyl (C=O) groups is 1. The van der Waals surface area contributed by atoms with E-state index in [1.165, 1.54) is 0 Å². The van der Waals surface area contributed by atoms with E-state index in [1.807, 2.05) is 0 Å². The van der Waals surface area contributed by atoms with Gasteiger partial charge in [0.1, 0.15) is 5.75 Å². The highest BCUT2D eigenvalue weighted by atomic mass is 35.5. The van der Waals surface area contributed by atoms with Gasteiger partial charge in [-0.25, -0.2) is 0 Å². The Labute approximate surface area is 132 Å². The number of ketones is 1. The average molecular weight is 330 g/mol. The summed E-state index contributed by atoms with van der Waals surface area (Å²) in [5, 5.41) is 1.26. The van der Waals surface area contributed by atoms with Crippen LogP contribution in [0, 0.1) is 0 Å². The summed E-state index contributed by atoms with van der Waals surface area (Å²) >= 11 is 17.8. The number of carbonyl (C=O) groups excluding carboxylic acids is 1. The highest BCUT2D eigenvalue weighted by Crippen LogP contribution is 2.26. The minimum atomic E-state index is -0.0870. The van der Waals surface area contributed by atoms with Gasteiger partial charge >= 0.3 is 0 Å². The largest absolute Gasteiger partial charge is 0.497 e. The molecule has 0 saturated heterocycles. The lowest BCUT2D eigenvalue weighted by Crippen LogP contribution is -2.04. The van der Waals surface area contributed by atoms with Crippen LogP contribution in [0.2, 0.25) is 15.1 Å². The predicted molar refractivity (Wildman–Crippen MR) is 82.5 cm³/mol. The first-order valence-electron chi connectivity index (χ1n) is 5.82. The van der Waals surface area contributed by atoms with Gasteiger partial charge in [0.05, 0.1) is 22.2 Å². The minimum absolute atomic E-state index is 0.0870. The Kier molecular flexibility index (Phi) is 4.92. The van der Waals surface area contributed by atoms with E-state index in [0.29, 0.717) is 26.4 Å². The Morgan fingerprint density at radius 2 is 1.75 bits per heavy atom. The molecule has 0 fully saturated rings. The molecule has 0 aliphatic carbocycles. The van der Waals surface area contributed by atoms with Crippen LogP contribution in [0.25, 0.3) is 0 Å². The van der Waals surface area contributed by atoms with Gasteiger partial charge in [-0.05, 0) is 35.9 Å². The molecule has 0 unspecified atom stereocenters. The zero-order valence-electron chi connectivity index (χ0n) is 10.6. The molecule has 0 heterocycles. The zero-order chi connectivity index (χ0) is 14.7. The molecule has 0 aromatic heterocycles. The van der Waals surface area contributed by atoms with Crippen LogP contribution in [0.1, 0.15) is 15.9 Å². The smallest absolute Gasteiger partial charge is 0.168 e. The fourth-order valence-electron chi connectivity index (χ4n) is 1.78. The zero-order valence-corrected chi connectivity index (χ0v) is 12.9. The van der Waals surface area contributed by atoms with Crippen molar-refractivity contribution >= 4 is 40.6 Å². The van der Waals surface area contributed by atoms with E-state index in [9.17, 15) is 4.79 Å². The van der Waals surface area contributed by atoms with Crippen molar-refractivity contribution in [3.05, 3.63) is 62.6 Å². The Morgan fingerprint density at radius 1 is 1.00 bits per heavy atom. The van der Waals surface area contributed by atoms with Crippen LogP contribution in [0.5, 0.6) is 5.75 Å². The normalized spacial score (nSPS) is 10.4. The molecular formula is C15H11Cl3O2. The molecule has 0 radical (unpaired) electrons. The van der Waals surface area contributed by atoms with Crippen molar-refractivity contribution in [1.82, 2.24) is 0 Å². The quantitative estimate of drug-likeness (QED) is 0.731. The lowest BCUT2D eigenvalue weighted by atomic mass is 10.0. The Morgan fingerprint density at radius 3 is 2.35 bits per heavy atom. The van der Waals surface area contributed by atoms with Crippen LogP contribution in [-0.4, -0.2) is 12.9 Å². The molecule has 0 aliphatic rings. The SMILES string of the molecule is COc1ccc(C(=O)Cc2ccc(Cl)c(Cl)c2)c(Cl)c1. The van der Waals surface area contributed by atoms with Crippen LogP contribution in [0.3, 0.4) is 0 Å². The van der Waals surface area contributed by atoms with Gasteiger partial charge in [-0.2, -0.15) is 0 Å². The molecule has 2 aromatic rings. The van der Waals surface area contributed by atoms with Gasteiger partial charge in [0.25, 0.3) is 0 Å². The van der Waals surface area contributed by atoms with Gasteiger partial charge in [0.2, 0.25) is 0 Å². The fourth-order valence-corrected chi connectivity index (χ4v) is 2.38. The predicted octanol–water partition coefficient (Wildman–Crippen LogP) is 5.08. The summed E-state index contributed by atoms with van der Waals surface area (Å²) in [7, 11) is 1.54. The first-order chi connectivity index (χ1) is 9.51. The van der Waals surface area contributed by atoms with Crippen LogP contribution >= 0.6 is 34.8 Å². The number of benzene rings is 2. The van der Waals surface area contributed by atoms with E-state index >= 15 is 0 Å². The Bertz CT molecular complexity index is 654. The first kappa shape index (κ1) is 15.2. The van der Waals surface area contributed by atoms with Gasteiger partial charge in [-0.15, -0.1) is 0 Å². The third kappa shape index (κ3) is 3.45. The minimum Gasteiger partial charge on any atom is -0.497 e. The molecule has 20 heavy (non-hydrogen) atoms. The maximum absolute atomic E-state index is 12.2. The highest BCUT2D eigenvalue weighted by Gasteiger charge is 2.12. The number of halogens is 3. The van der Waals surface area contributed by atoms with Crippen LogP contribution in [0.4, 0.5) is 0 Å². The van der Waals surface area contributed by atoms with Gasteiger partial charge in [0.15, 0.2) is 5.78 Å². The van der Waals surface area contributed by atoms with Crippen molar-refractivity contribution in [2.75, 3.05) is 7.11 Å². The molecule has 0 spiro atoms. The standard InChI is InChI=1S/C15H11Cl3O2/c1-20-10-3-4-11(13(17)8-10)15(19)7-9-2-5-12(16)14(18)6-9/h2-6,8H,7H2,1H3. The van der Waals surface area contributed by atoms with Gasteiger partial charge < -0.3 is 4.74 Å². The van der Waals surface area contributed by atoms with Crippen molar-refractivity contribution in [3.8, 4) is 5.75 Å². The Hall–Kier alpha value is -1.22. The van der Waals surface area contributed by atoms with E-state index in [4.69, 9.17) is 39.5 Å². The summed E-state index contributed by atoms with van der Waals surface area (Å²) in [6.07, 6.45) is 0.211. The molecule has 0 amide bonds. The molecule has 2 nitrogen and oxygen atoms in total. The summed E-state index contributed by atoms with van der Waals surface area (Å²) < 4.78 is 5.05. The number of Topliss-reactive ketones (excluding diaryl/α,β-unsaturated/α-hetero) is 1. The second-order valence-electron chi connectivity index (χ2n) is 4.19. The molecule has 104 valence electrons. The van der Waals surface area contributed by atoms with E-state index in [1.54, 1.807) is 43.5 Å². The van der Waals surface area contributed by atoms with E-state index in [0.717, 1.165) is 5.56 Å². The number of hydrogen-bond donors (Lipinski definition) is 0. The number of ether oxygens (including phenoxy) is 1. The van der Waals surface area contributed by atoms with Gasteiger partial charge in [0, 0.05) is 12.0 Å². The summed E-state index contributed by atoms with van der Waals surface area (Å²) in [6, 6.07) is 10.1. The van der Waals surface area contributed by atoms with Gasteiger partial charge in [-0.3, -0.25) is 4.79 Å². The van der Waals surface area contributed by atoms with Crippen molar-refractivity contribution in [2.24, 2.45) is 0 Å². The molecule has 0 N–H and O–H groups in total. The molecular weight excluding hydrogens is 319 g/mol. The van der Waals surface area contributed by atoms with Crippen molar-refractivity contribution in [1.29, 1.82) is 0 Å². The van der Waals surface area contributed by atoms with E-state index in [2.05, 4.69) is 0 Å². The second kappa shape index (κ2) is 6.49. The monoisotopic (exact) mass is 328 g/mol. The summed E-state index contributed by atoms with van der Waals surface area (Å²) in [5.41, 5.74) is 1.25. The molecule has 0 bridgehead atoms. The van der Waals surface area contributed by atoms with Crippen molar-refractivity contribution < 1.29 is 9.53 Å². The lowest BCUT2D eigenvalue weighted by Gasteiger charge is -2.07. The molecule has 0 atom stereocenters. The first-order valence-corrected chi connectivity index (χ1v) is 6.95. The van der Waals surface area contributed by atoms with Crippen molar-refractivity contribution in [2.45, 2.75) is 6.42 Å². The van der Waals surface area contributed by atoms with Crippen molar-refractivity contribution in [3.63, 3.8) is 0 Å². The third-order valence-corrected chi connectivity index (χ3v) is 3.88. The summed E-state index contributed by atoms with van der Waals surface area (Å²) in [4.78, 5) is 12.2. The fraction of sp³-hybridized carbons (Fsp3) is 0.133. The molecule has 5 heteroatoms. The van der Waals surface area contributed by atoms with Crippen LogP contribution in [0.15, 0.2) is 36.4 Å². The van der Waals surface area contributed by atoms with Crippen LogP contribution < -0.4 is 4.74 Å². The maximum atomic E-state index is 12.2. The van der Waals surface area contributed by atoms with Gasteiger partial charge in [-0.1, -0.05) is 40.9 Å². The highest BCUT2D eigenvalue weighted by molar-refractivity contribution is 6.42.